The summed E-state index contributed by atoms with van der Waals surface area (Å²) in [5.41, 5.74) is 2.22. The molecule has 0 aromatic heterocycles. The van der Waals surface area contributed by atoms with Crippen LogP contribution in [0.3, 0.4) is 0 Å². The van der Waals surface area contributed by atoms with Gasteiger partial charge in [-0.3, -0.25) is 4.79 Å². The molecule has 0 aliphatic heterocycles. The van der Waals surface area contributed by atoms with Gasteiger partial charge in [-0.25, -0.2) is 0 Å². The van der Waals surface area contributed by atoms with Crippen molar-refractivity contribution in [3.8, 4) is 5.75 Å². The van der Waals surface area contributed by atoms with E-state index in [9.17, 15) is 4.79 Å². The Kier molecular flexibility index (Phi) is 3.64. The molecule has 0 N–H and O–H groups in total. The number of benzene rings is 1. The summed E-state index contributed by atoms with van der Waals surface area (Å²) in [4.78, 5) is 11.2. The lowest BCUT2D eigenvalue weighted by atomic mass is 10.1. The van der Waals surface area contributed by atoms with Crippen LogP contribution in [0, 0.1) is 20.8 Å². The van der Waals surface area contributed by atoms with Gasteiger partial charge in [-0.1, -0.05) is 17.7 Å². The molecule has 16 heavy (non-hydrogen) atoms. The summed E-state index contributed by atoms with van der Waals surface area (Å²) < 4.78 is 5.70. The van der Waals surface area contributed by atoms with Crippen molar-refractivity contribution in [1.82, 2.24) is 0 Å². The molecule has 1 aromatic rings. The van der Waals surface area contributed by atoms with Gasteiger partial charge in [-0.15, -0.1) is 0 Å². The zero-order chi connectivity index (χ0) is 12.5. The van der Waals surface area contributed by atoms with Crippen LogP contribution >= 0.6 is 11.6 Å². The highest BCUT2D eigenvalue weighted by molar-refractivity contribution is 6.65. The zero-order valence-electron chi connectivity index (χ0n) is 10.3. The summed E-state index contributed by atoms with van der Waals surface area (Å²) >= 11 is 5.49. The van der Waals surface area contributed by atoms with E-state index in [2.05, 4.69) is 0 Å². The topological polar surface area (TPSA) is 26.3 Å². The lowest BCUT2D eigenvalue weighted by Gasteiger charge is -2.24. The first-order valence-electron chi connectivity index (χ1n) is 5.21. The Bertz CT molecular complexity index is 399. The van der Waals surface area contributed by atoms with Crippen LogP contribution in [-0.2, 0) is 4.79 Å². The highest BCUT2D eigenvalue weighted by Crippen LogP contribution is 2.29. The lowest BCUT2D eigenvalue weighted by Crippen LogP contribution is -2.35. The van der Waals surface area contributed by atoms with Gasteiger partial charge in [0.2, 0.25) is 0 Å². The summed E-state index contributed by atoms with van der Waals surface area (Å²) in [7, 11) is 0. The number of aryl methyl sites for hydroxylation is 3. The van der Waals surface area contributed by atoms with Crippen LogP contribution in [-0.4, -0.2) is 10.8 Å². The van der Waals surface area contributed by atoms with Crippen LogP contribution in [0.4, 0.5) is 0 Å². The van der Waals surface area contributed by atoms with Gasteiger partial charge in [0.1, 0.15) is 5.75 Å². The summed E-state index contributed by atoms with van der Waals surface area (Å²) in [6, 6.07) is 4.05. The highest BCUT2D eigenvalue weighted by atomic mass is 35.5. The molecule has 88 valence electrons. The van der Waals surface area contributed by atoms with Crippen LogP contribution in [0.15, 0.2) is 12.1 Å². The number of hydrogen-bond donors (Lipinski definition) is 0. The van der Waals surface area contributed by atoms with E-state index < -0.39 is 10.8 Å². The van der Waals surface area contributed by atoms with Crippen molar-refractivity contribution >= 4 is 16.8 Å². The molecule has 0 unspecified atom stereocenters. The largest absolute Gasteiger partial charge is 0.478 e. The molecule has 0 aliphatic rings. The van der Waals surface area contributed by atoms with Crippen molar-refractivity contribution in [2.45, 2.75) is 40.2 Å². The van der Waals surface area contributed by atoms with E-state index in [0.717, 1.165) is 16.9 Å². The first-order valence-corrected chi connectivity index (χ1v) is 5.58. The average Bonchev–Trinajstić information content (AvgIpc) is 2.11. The molecule has 0 fully saturated rings. The first-order chi connectivity index (χ1) is 7.24. The molecule has 0 amide bonds. The quantitative estimate of drug-likeness (QED) is 0.756. The van der Waals surface area contributed by atoms with E-state index in [1.54, 1.807) is 13.8 Å². The minimum absolute atomic E-state index is 0.494. The summed E-state index contributed by atoms with van der Waals surface area (Å²) in [6.07, 6.45) is 0. The maximum atomic E-state index is 11.2. The lowest BCUT2D eigenvalue weighted by molar-refractivity contribution is -0.123. The van der Waals surface area contributed by atoms with Crippen molar-refractivity contribution < 1.29 is 9.53 Å². The highest BCUT2D eigenvalue weighted by Gasteiger charge is 2.29. The van der Waals surface area contributed by atoms with Gasteiger partial charge in [0.25, 0.3) is 5.24 Å². The summed E-state index contributed by atoms with van der Waals surface area (Å²) in [6.45, 7) is 9.29. The van der Waals surface area contributed by atoms with Gasteiger partial charge in [-0.2, -0.15) is 0 Å². The van der Waals surface area contributed by atoms with Gasteiger partial charge < -0.3 is 4.74 Å². The Morgan fingerprint density at radius 2 is 1.62 bits per heavy atom. The minimum atomic E-state index is -0.994. The SMILES string of the molecule is Cc1cc(C)c(OC(C)(C)C(=O)Cl)c(C)c1. The van der Waals surface area contributed by atoms with E-state index in [4.69, 9.17) is 16.3 Å². The van der Waals surface area contributed by atoms with Gasteiger partial charge in [-0.05, 0) is 57.3 Å². The molecule has 0 atom stereocenters. The Hall–Kier alpha value is -1.02. The second kappa shape index (κ2) is 4.46. The number of carbonyl (C=O) groups is 1. The molecule has 1 aromatic carbocycles. The average molecular weight is 241 g/mol. The number of ether oxygens (including phenoxy) is 1. The fourth-order valence-electron chi connectivity index (χ4n) is 1.62. The maximum absolute atomic E-state index is 11.2. The van der Waals surface area contributed by atoms with Crippen LogP contribution < -0.4 is 4.74 Å². The molecule has 0 aliphatic carbocycles. The molecule has 0 bridgehead atoms. The van der Waals surface area contributed by atoms with Gasteiger partial charge in [0, 0.05) is 0 Å². The first kappa shape index (κ1) is 13.0. The fraction of sp³-hybridized carbons (Fsp3) is 0.462. The zero-order valence-corrected chi connectivity index (χ0v) is 11.1. The third-order valence-electron chi connectivity index (χ3n) is 2.44. The molecule has 0 spiro atoms. The number of hydrogen-bond acceptors (Lipinski definition) is 2. The fourth-order valence-corrected chi connectivity index (χ4v) is 1.66. The second-order valence-electron chi connectivity index (χ2n) is 4.61. The molecule has 0 saturated carbocycles. The van der Waals surface area contributed by atoms with Crippen molar-refractivity contribution in [3.05, 3.63) is 28.8 Å². The number of halogens is 1. The third kappa shape index (κ3) is 2.76. The standard InChI is InChI=1S/C13H17ClO2/c1-8-6-9(2)11(10(3)7-8)16-13(4,5)12(14)15/h6-7H,1-5H3. The smallest absolute Gasteiger partial charge is 0.264 e. The minimum Gasteiger partial charge on any atom is -0.478 e. The normalized spacial score (nSPS) is 11.4. The predicted octanol–water partition coefficient (Wildman–Crippen LogP) is 3.53. The van der Waals surface area contributed by atoms with Gasteiger partial charge >= 0.3 is 0 Å². The van der Waals surface area contributed by atoms with E-state index in [1.807, 2.05) is 32.9 Å². The van der Waals surface area contributed by atoms with Crippen LogP contribution in [0.25, 0.3) is 0 Å². The van der Waals surface area contributed by atoms with Crippen molar-refractivity contribution in [2.24, 2.45) is 0 Å². The van der Waals surface area contributed by atoms with E-state index in [0.29, 0.717) is 0 Å². The maximum Gasteiger partial charge on any atom is 0.264 e. The van der Waals surface area contributed by atoms with Crippen LogP contribution in [0.1, 0.15) is 30.5 Å². The monoisotopic (exact) mass is 240 g/mol. The molecule has 1 rings (SSSR count). The number of carbonyl (C=O) groups excluding carboxylic acids is 1. The Morgan fingerprint density at radius 1 is 1.19 bits per heavy atom. The summed E-state index contributed by atoms with van der Waals surface area (Å²) in [5, 5.41) is -0.494. The predicted molar refractivity (Wildman–Crippen MR) is 66.2 cm³/mol. The molecular formula is C13H17ClO2. The van der Waals surface area contributed by atoms with E-state index >= 15 is 0 Å². The van der Waals surface area contributed by atoms with Crippen LogP contribution in [0.2, 0.25) is 0 Å². The third-order valence-corrected chi connectivity index (χ3v) is 2.89. The Morgan fingerprint density at radius 3 is 2.00 bits per heavy atom. The summed E-state index contributed by atoms with van der Waals surface area (Å²) in [5.74, 6) is 0.740. The van der Waals surface area contributed by atoms with Gasteiger partial charge in [0.15, 0.2) is 5.60 Å². The molecule has 0 heterocycles. The van der Waals surface area contributed by atoms with E-state index in [-0.39, 0.29) is 0 Å². The molecule has 0 radical (unpaired) electrons. The van der Waals surface area contributed by atoms with E-state index in [1.165, 1.54) is 5.56 Å². The second-order valence-corrected chi connectivity index (χ2v) is 4.96. The molecule has 3 heteroatoms. The molecule has 2 nitrogen and oxygen atoms in total. The van der Waals surface area contributed by atoms with Crippen molar-refractivity contribution in [3.63, 3.8) is 0 Å². The van der Waals surface area contributed by atoms with Crippen LogP contribution in [0.5, 0.6) is 5.75 Å². The van der Waals surface area contributed by atoms with Gasteiger partial charge in [0.05, 0.1) is 0 Å². The number of rotatable bonds is 3. The molecular weight excluding hydrogens is 224 g/mol. The van der Waals surface area contributed by atoms with Crippen molar-refractivity contribution in [1.29, 1.82) is 0 Å². The molecule has 0 saturated heterocycles. The Labute approximate surface area is 102 Å². The Balaban J connectivity index is 3.11. The van der Waals surface area contributed by atoms with Crippen molar-refractivity contribution in [2.75, 3.05) is 0 Å².